The topological polar surface area (TPSA) is 89.5 Å². The Balaban J connectivity index is 1.70. The highest BCUT2D eigenvalue weighted by Gasteiger charge is 2.19. The van der Waals surface area contributed by atoms with Crippen LogP contribution in [0.2, 0.25) is 0 Å². The van der Waals surface area contributed by atoms with Crippen LogP contribution in [0.4, 0.5) is 0 Å². The third-order valence-corrected chi connectivity index (χ3v) is 5.98. The predicted octanol–water partition coefficient (Wildman–Crippen LogP) is 2.67. The summed E-state index contributed by atoms with van der Waals surface area (Å²) in [6, 6.07) is 5.73. The lowest BCUT2D eigenvalue weighted by Crippen LogP contribution is -2.39. The number of imidazole rings is 1. The first-order valence-corrected chi connectivity index (χ1v) is 11.3. The van der Waals surface area contributed by atoms with E-state index in [9.17, 15) is 9.59 Å². The number of hydrogen-bond acceptors (Lipinski definition) is 6. The highest BCUT2D eigenvalue weighted by molar-refractivity contribution is 5.77. The van der Waals surface area contributed by atoms with E-state index in [0.29, 0.717) is 54.8 Å². The molecule has 1 fully saturated rings. The van der Waals surface area contributed by atoms with Crippen LogP contribution in [0.15, 0.2) is 27.8 Å². The molecule has 0 amide bonds. The molecule has 0 aliphatic carbocycles. The molecule has 0 unspecified atom stereocenters. The molecule has 0 spiro atoms. The van der Waals surface area contributed by atoms with E-state index in [1.807, 2.05) is 37.3 Å². The molecule has 33 heavy (non-hydrogen) atoms. The van der Waals surface area contributed by atoms with Crippen LogP contribution in [0.3, 0.4) is 0 Å². The molecule has 1 aliphatic heterocycles. The smallest absolute Gasteiger partial charge is 0.332 e. The van der Waals surface area contributed by atoms with Gasteiger partial charge in [-0.05, 0) is 37.6 Å². The maximum Gasteiger partial charge on any atom is 0.332 e. The van der Waals surface area contributed by atoms with Crippen LogP contribution in [-0.2, 0) is 24.9 Å². The Morgan fingerprint density at radius 3 is 2.48 bits per heavy atom. The van der Waals surface area contributed by atoms with E-state index >= 15 is 0 Å². The fourth-order valence-electron chi connectivity index (χ4n) is 4.13. The second-order valence-electron chi connectivity index (χ2n) is 7.95. The van der Waals surface area contributed by atoms with E-state index in [1.54, 1.807) is 25.6 Å². The van der Waals surface area contributed by atoms with E-state index < -0.39 is 0 Å². The molecule has 9 heteroatoms. The molecule has 3 heterocycles. The SMILES string of the molecule is CCn1c(=O)c2c(nc(/C=C/c3ccc(OC)c(OC4CCOCC4)c3)n2C)n(CC)c1=O. The Bertz CT molecular complexity index is 1290. The van der Waals surface area contributed by atoms with Crippen LogP contribution in [0, 0.1) is 0 Å². The second-order valence-corrected chi connectivity index (χ2v) is 7.95. The lowest BCUT2D eigenvalue weighted by Gasteiger charge is -2.24. The highest BCUT2D eigenvalue weighted by Crippen LogP contribution is 2.31. The molecule has 176 valence electrons. The molecule has 2 aromatic heterocycles. The van der Waals surface area contributed by atoms with E-state index in [4.69, 9.17) is 14.2 Å². The number of rotatable bonds is 7. The molecule has 0 saturated carbocycles. The summed E-state index contributed by atoms with van der Waals surface area (Å²) in [5, 5.41) is 0. The molecule has 0 N–H and O–H groups in total. The molecule has 0 bridgehead atoms. The zero-order chi connectivity index (χ0) is 23.5. The van der Waals surface area contributed by atoms with Crippen molar-refractivity contribution in [2.75, 3.05) is 20.3 Å². The summed E-state index contributed by atoms with van der Waals surface area (Å²) in [5.41, 5.74) is 1.06. The van der Waals surface area contributed by atoms with Crippen molar-refractivity contribution < 1.29 is 14.2 Å². The number of methoxy groups -OCH3 is 1. The van der Waals surface area contributed by atoms with Crippen LogP contribution in [0.1, 0.15) is 38.1 Å². The second kappa shape index (κ2) is 9.66. The van der Waals surface area contributed by atoms with Crippen molar-refractivity contribution in [2.45, 2.75) is 45.9 Å². The molecule has 3 aromatic rings. The van der Waals surface area contributed by atoms with E-state index in [-0.39, 0.29) is 17.4 Å². The molecule has 1 aliphatic rings. The van der Waals surface area contributed by atoms with Gasteiger partial charge in [-0.1, -0.05) is 12.1 Å². The van der Waals surface area contributed by atoms with Gasteiger partial charge >= 0.3 is 5.69 Å². The minimum atomic E-state index is -0.337. The van der Waals surface area contributed by atoms with Crippen LogP contribution in [0.25, 0.3) is 23.3 Å². The van der Waals surface area contributed by atoms with Crippen molar-refractivity contribution >= 4 is 23.3 Å². The van der Waals surface area contributed by atoms with Crippen LogP contribution >= 0.6 is 0 Å². The summed E-state index contributed by atoms with van der Waals surface area (Å²) in [7, 11) is 3.41. The lowest BCUT2D eigenvalue weighted by atomic mass is 10.1. The number of aryl methyl sites for hydroxylation is 2. The van der Waals surface area contributed by atoms with Crippen LogP contribution in [0.5, 0.6) is 11.5 Å². The monoisotopic (exact) mass is 454 g/mol. The number of hydrogen-bond donors (Lipinski definition) is 0. The third-order valence-electron chi connectivity index (χ3n) is 5.98. The van der Waals surface area contributed by atoms with Gasteiger partial charge in [0.1, 0.15) is 11.9 Å². The van der Waals surface area contributed by atoms with Crippen molar-refractivity contribution in [3.05, 3.63) is 50.4 Å². The average Bonchev–Trinajstić information content (AvgIpc) is 3.15. The minimum Gasteiger partial charge on any atom is -0.493 e. The van der Waals surface area contributed by atoms with Gasteiger partial charge in [-0.2, -0.15) is 0 Å². The summed E-state index contributed by atoms with van der Waals surface area (Å²) >= 11 is 0. The molecule has 0 radical (unpaired) electrons. The largest absolute Gasteiger partial charge is 0.493 e. The zero-order valence-electron chi connectivity index (χ0n) is 19.5. The predicted molar refractivity (Wildman–Crippen MR) is 127 cm³/mol. The van der Waals surface area contributed by atoms with Crippen molar-refractivity contribution in [3.8, 4) is 11.5 Å². The fourth-order valence-corrected chi connectivity index (χ4v) is 4.13. The Morgan fingerprint density at radius 2 is 1.82 bits per heavy atom. The van der Waals surface area contributed by atoms with Crippen molar-refractivity contribution in [3.63, 3.8) is 0 Å². The molecular formula is C24H30N4O5. The average molecular weight is 455 g/mol. The normalized spacial score (nSPS) is 14.9. The van der Waals surface area contributed by atoms with E-state index in [0.717, 1.165) is 18.4 Å². The summed E-state index contributed by atoms with van der Waals surface area (Å²) in [6.45, 7) is 5.79. The summed E-state index contributed by atoms with van der Waals surface area (Å²) in [4.78, 5) is 30.1. The minimum absolute atomic E-state index is 0.0956. The van der Waals surface area contributed by atoms with Crippen LogP contribution < -0.4 is 20.7 Å². The quantitative estimate of drug-likeness (QED) is 0.545. The van der Waals surface area contributed by atoms with E-state index in [1.165, 1.54) is 9.13 Å². The Morgan fingerprint density at radius 1 is 1.09 bits per heavy atom. The van der Waals surface area contributed by atoms with Crippen molar-refractivity contribution in [2.24, 2.45) is 7.05 Å². The highest BCUT2D eigenvalue weighted by atomic mass is 16.5. The molecule has 4 rings (SSSR count). The van der Waals surface area contributed by atoms with Gasteiger partial charge < -0.3 is 18.8 Å². The number of ether oxygens (including phenoxy) is 3. The molecule has 9 nitrogen and oxygen atoms in total. The first-order chi connectivity index (χ1) is 16.0. The summed E-state index contributed by atoms with van der Waals surface area (Å²) in [6.07, 6.45) is 5.53. The van der Waals surface area contributed by atoms with Gasteiger partial charge in [-0.3, -0.25) is 13.9 Å². The van der Waals surface area contributed by atoms with Gasteiger partial charge in [0.25, 0.3) is 5.56 Å². The Labute approximate surface area is 191 Å². The molecule has 1 aromatic carbocycles. The number of nitrogens with zero attached hydrogens (tertiary/aromatic N) is 4. The number of fused-ring (bicyclic) bond motifs is 1. The standard InChI is InChI=1S/C24H30N4O5/c1-5-27-22-21(23(29)28(6-2)24(27)30)26(3)20(25-22)10-8-16-7-9-18(31-4)19(15-16)33-17-11-13-32-14-12-17/h7-10,15,17H,5-6,11-14H2,1-4H3/b10-8+. The van der Waals surface area contributed by atoms with Gasteiger partial charge in [-0.25, -0.2) is 9.78 Å². The van der Waals surface area contributed by atoms with E-state index in [2.05, 4.69) is 4.98 Å². The van der Waals surface area contributed by atoms with Crippen LogP contribution in [-0.4, -0.2) is 45.1 Å². The maximum absolute atomic E-state index is 12.9. The molecular weight excluding hydrogens is 424 g/mol. The van der Waals surface area contributed by atoms with Crippen molar-refractivity contribution in [1.82, 2.24) is 18.7 Å². The first kappa shape index (κ1) is 22.8. The molecule has 0 atom stereocenters. The Kier molecular flexibility index (Phi) is 6.69. The molecule has 1 saturated heterocycles. The van der Waals surface area contributed by atoms with Gasteiger partial charge in [-0.15, -0.1) is 0 Å². The van der Waals surface area contributed by atoms with Gasteiger partial charge in [0.2, 0.25) is 0 Å². The zero-order valence-corrected chi connectivity index (χ0v) is 19.5. The maximum atomic E-state index is 12.9. The van der Waals surface area contributed by atoms with Gasteiger partial charge in [0.15, 0.2) is 22.7 Å². The van der Waals surface area contributed by atoms with Crippen molar-refractivity contribution in [1.29, 1.82) is 0 Å². The first-order valence-electron chi connectivity index (χ1n) is 11.3. The summed E-state index contributed by atoms with van der Waals surface area (Å²) in [5.74, 6) is 1.94. The number of benzene rings is 1. The summed E-state index contributed by atoms with van der Waals surface area (Å²) < 4.78 is 21.6. The third kappa shape index (κ3) is 4.32. The van der Waals surface area contributed by atoms with Gasteiger partial charge in [0.05, 0.1) is 20.3 Å². The fraction of sp³-hybridized carbons (Fsp3) is 0.458. The number of aromatic nitrogens is 4. The van der Waals surface area contributed by atoms with Gasteiger partial charge in [0, 0.05) is 33.0 Å². The lowest BCUT2D eigenvalue weighted by molar-refractivity contribution is 0.0245. The Hall–Kier alpha value is -3.33.